The van der Waals surface area contributed by atoms with Crippen LogP contribution in [0.5, 0.6) is 5.75 Å². The number of fused-ring (bicyclic) bond motifs is 1. The Labute approximate surface area is 118 Å². The molecule has 0 unspecified atom stereocenters. The maximum Gasteiger partial charge on any atom is 0.134 e. The first-order valence-corrected chi connectivity index (χ1v) is 6.57. The molecule has 1 aromatic heterocycles. The summed E-state index contributed by atoms with van der Waals surface area (Å²) in [5.41, 5.74) is 1.19. The monoisotopic (exact) mass is 264 g/mol. The number of methoxy groups -OCH3 is 1. The van der Waals surface area contributed by atoms with Gasteiger partial charge in [0.25, 0.3) is 0 Å². The molecule has 2 aromatic carbocycles. The molecule has 0 aliphatic rings. The highest BCUT2D eigenvalue weighted by molar-refractivity contribution is 5.91. The first-order chi connectivity index (χ1) is 9.86. The molecule has 3 rings (SSSR count). The summed E-state index contributed by atoms with van der Waals surface area (Å²) in [6.45, 7) is 0.741. The van der Waals surface area contributed by atoms with Crippen molar-refractivity contribution < 1.29 is 4.74 Å². The number of aromatic nitrogens is 1. The minimum absolute atomic E-state index is 0.741. The lowest BCUT2D eigenvalue weighted by Gasteiger charge is -2.09. The lowest BCUT2D eigenvalue weighted by atomic mass is 10.1. The highest BCUT2D eigenvalue weighted by atomic mass is 16.5. The fraction of sp³-hybridized carbons (Fsp3) is 0.118. The Morgan fingerprint density at radius 3 is 2.60 bits per heavy atom. The Balaban J connectivity index is 1.79. The number of hydrogen-bond acceptors (Lipinski definition) is 3. The molecule has 100 valence electrons. The van der Waals surface area contributed by atoms with Gasteiger partial charge in [0, 0.05) is 18.1 Å². The van der Waals surface area contributed by atoms with E-state index >= 15 is 0 Å². The molecule has 0 fully saturated rings. The van der Waals surface area contributed by atoms with Crippen LogP contribution >= 0.6 is 0 Å². The van der Waals surface area contributed by atoms with Crippen molar-refractivity contribution >= 4 is 16.6 Å². The van der Waals surface area contributed by atoms with Gasteiger partial charge in [-0.15, -0.1) is 0 Å². The number of anilines is 1. The van der Waals surface area contributed by atoms with Gasteiger partial charge in [-0.1, -0.05) is 36.4 Å². The summed E-state index contributed by atoms with van der Waals surface area (Å²) in [5.74, 6) is 1.79. The quantitative estimate of drug-likeness (QED) is 0.777. The fourth-order valence-corrected chi connectivity index (χ4v) is 2.19. The summed E-state index contributed by atoms with van der Waals surface area (Å²) in [6.07, 6.45) is 1.83. The second-order valence-corrected chi connectivity index (χ2v) is 4.58. The molecule has 0 saturated heterocycles. The number of rotatable bonds is 4. The summed E-state index contributed by atoms with van der Waals surface area (Å²) in [6, 6.07) is 18.3. The summed E-state index contributed by atoms with van der Waals surface area (Å²) in [4.78, 5) is 4.42. The predicted octanol–water partition coefficient (Wildman–Crippen LogP) is 3.86. The Morgan fingerprint density at radius 1 is 1.00 bits per heavy atom. The molecule has 20 heavy (non-hydrogen) atoms. The number of nitrogens with one attached hydrogen (secondary N) is 1. The minimum Gasteiger partial charge on any atom is -0.497 e. The summed E-state index contributed by atoms with van der Waals surface area (Å²) >= 11 is 0. The van der Waals surface area contributed by atoms with E-state index in [0.29, 0.717) is 0 Å². The van der Waals surface area contributed by atoms with E-state index in [0.717, 1.165) is 23.5 Å². The van der Waals surface area contributed by atoms with Crippen molar-refractivity contribution in [3.8, 4) is 5.75 Å². The first-order valence-electron chi connectivity index (χ1n) is 6.57. The van der Waals surface area contributed by atoms with Gasteiger partial charge >= 0.3 is 0 Å². The van der Waals surface area contributed by atoms with Gasteiger partial charge in [-0.2, -0.15) is 0 Å². The van der Waals surface area contributed by atoms with E-state index in [9.17, 15) is 0 Å². The van der Waals surface area contributed by atoms with E-state index in [2.05, 4.69) is 34.6 Å². The van der Waals surface area contributed by atoms with Crippen LogP contribution in [0.15, 0.2) is 60.8 Å². The van der Waals surface area contributed by atoms with Gasteiger partial charge in [-0.05, 0) is 29.1 Å². The Morgan fingerprint density at radius 2 is 1.80 bits per heavy atom. The normalized spacial score (nSPS) is 10.4. The zero-order valence-corrected chi connectivity index (χ0v) is 11.3. The van der Waals surface area contributed by atoms with Crippen LogP contribution in [0.25, 0.3) is 10.8 Å². The van der Waals surface area contributed by atoms with E-state index in [-0.39, 0.29) is 0 Å². The lowest BCUT2D eigenvalue weighted by Crippen LogP contribution is -2.01. The molecule has 1 heterocycles. The number of ether oxygens (including phenoxy) is 1. The molecule has 0 aliphatic carbocycles. The minimum atomic E-state index is 0.741. The molecule has 3 heteroatoms. The number of hydrogen-bond donors (Lipinski definition) is 1. The average Bonchev–Trinajstić information content (AvgIpc) is 2.53. The van der Waals surface area contributed by atoms with Crippen molar-refractivity contribution in [3.63, 3.8) is 0 Å². The Hall–Kier alpha value is -2.55. The summed E-state index contributed by atoms with van der Waals surface area (Å²) < 4.78 is 5.16. The highest BCUT2D eigenvalue weighted by Crippen LogP contribution is 2.21. The van der Waals surface area contributed by atoms with E-state index in [1.165, 1.54) is 10.9 Å². The molecule has 3 nitrogen and oxygen atoms in total. The molecule has 0 radical (unpaired) electrons. The number of benzene rings is 2. The number of pyridine rings is 1. The van der Waals surface area contributed by atoms with Crippen molar-refractivity contribution in [3.05, 3.63) is 66.4 Å². The Bertz CT molecular complexity index is 702. The molecule has 1 N–H and O–H groups in total. The van der Waals surface area contributed by atoms with Crippen LogP contribution < -0.4 is 10.1 Å². The largest absolute Gasteiger partial charge is 0.497 e. The van der Waals surface area contributed by atoms with E-state index < -0.39 is 0 Å². The summed E-state index contributed by atoms with van der Waals surface area (Å²) in [5, 5.41) is 5.73. The molecule has 0 bridgehead atoms. The first kappa shape index (κ1) is 12.5. The van der Waals surface area contributed by atoms with Crippen LogP contribution in [0.2, 0.25) is 0 Å². The number of nitrogens with zero attached hydrogens (tertiary/aromatic N) is 1. The zero-order chi connectivity index (χ0) is 13.8. The molecular weight excluding hydrogens is 248 g/mol. The molecular formula is C17H16N2O. The molecule has 0 atom stereocenters. The fourth-order valence-electron chi connectivity index (χ4n) is 2.19. The van der Waals surface area contributed by atoms with Crippen LogP contribution in [0.4, 0.5) is 5.82 Å². The van der Waals surface area contributed by atoms with E-state index in [1.54, 1.807) is 7.11 Å². The second-order valence-electron chi connectivity index (χ2n) is 4.58. The van der Waals surface area contributed by atoms with Crippen molar-refractivity contribution in [1.29, 1.82) is 0 Å². The van der Waals surface area contributed by atoms with Crippen LogP contribution in [-0.2, 0) is 6.54 Å². The average molecular weight is 264 g/mol. The molecule has 0 aliphatic heterocycles. The third-order valence-corrected chi connectivity index (χ3v) is 3.29. The van der Waals surface area contributed by atoms with Crippen LogP contribution in [0.3, 0.4) is 0 Å². The predicted molar refractivity (Wildman–Crippen MR) is 82.1 cm³/mol. The van der Waals surface area contributed by atoms with Gasteiger partial charge in [0.15, 0.2) is 0 Å². The van der Waals surface area contributed by atoms with Crippen LogP contribution in [0, 0.1) is 0 Å². The van der Waals surface area contributed by atoms with E-state index in [1.807, 2.05) is 36.5 Å². The third-order valence-electron chi connectivity index (χ3n) is 3.29. The zero-order valence-electron chi connectivity index (χ0n) is 11.3. The highest BCUT2D eigenvalue weighted by Gasteiger charge is 2.01. The third kappa shape index (κ3) is 2.57. The smallest absolute Gasteiger partial charge is 0.134 e. The molecule has 0 amide bonds. The van der Waals surface area contributed by atoms with Crippen molar-refractivity contribution in [2.24, 2.45) is 0 Å². The van der Waals surface area contributed by atoms with Gasteiger partial charge < -0.3 is 10.1 Å². The van der Waals surface area contributed by atoms with Crippen LogP contribution in [-0.4, -0.2) is 12.1 Å². The maximum absolute atomic E-state index is 5.16. The van der Waals surface area contributed by atoms with Crippen molar-refractivity contribution in [2.45, 2.75) is 6.54 Å². The Kier molecular flexibility index (Phi) is 3.50. The van der Waals surface area contributed by atoms with Gasteiger partial charge in [-0.3, -0.25) is 0 Å². The topological polar surface area (TPSA) is 34.1 Å². The van der Waals surface area contributed by atoms with E-state index in [4.69, 9.17) is 4.74 Å². The van der Waals surface area contributed by atoms with Gasteiger partial charge in [0.05, 0.1) is 7.11 Å². The lowest BCUT2D eigenvalue weighted by molar-refractivity contribution is 0.414. The van der Waals surface area contributed by atoms with Gasteiger partial charge in [0.1, 0.15) is 11.6 Å². The molecule has 0 saturated carbocycles. The standard InChI is InChI=1S/C17H16N2O/c1-20-15-8-6-13(7-9-15)12-19-17-16-5-3-2-4-14(16)10-11-18-17/h2-11H,12H2,1H3,(H,18,19). The molecule has 0 spiro atoms. The second kappa shape index (κ2) is 5.61. The SMILES string of the molecule is COc1ccc(CNc2nccc3ccccc23)cc1. The van der Waals surface area contributed by atoms with Gasteiger partial charge in [0.2, 0.25) is 0 Å². The van der Waals surface area contributed by atoms with Crippen LogP contribution in [0.1, 0.15) is 5.56 Å². The molecule has 3 aromatic rings. The maximum atomic E-state index is 5.16. The van der Waals surface area contributed by atoms with Crippen molar-refractivity contribution in [2.75, 3.05) is 12.4 Å². The summed E-state index contributed by atoms with van der Waals surface area (Å²) in [7, 11) is 1.67. The van der Waals surface area contributed by atoms with Crippen molar-refractivity contribution in [1.82, 2.24) is 4.98 Å². The van der Waals surface area contributed by atoms with Gasteiger partial charge in [-0.25, -0.2) is 4.98 Å².